The Hall–Kier alpha value is -2.93. The molecule has 0 saturated carbocycles. The highest BCUT2D eigenvalue weighted by Crippen LogP contribution is 2.34. The molecule has 28 heavy (non-hydrogen) atoms. The predicted molar refractivity (Wildman–Crippen MR) is 103 cm³/mol. The zero-order chi connectivity index (χ0) is 20.1. The maximum atomic E-state index is 12.6. The number of amides is 2. The number of hydrogen-bond acceptors (Lipinski definition) is 5. The van der Waals surface area contributed by atoms with Gasteiger partial charge < -0.3 is 24.8 Å². The first-order valence-corrected chi connectivity index (χ1v) is 9.13. The van der Waals surface area contributed by atoms with Crippen LogP contribution in [-0.2, 0) is 9.53 Å². The van der Waals surface area contributed by atoms with Gasteiger partial charge in [-0.2, -0.15) is 0 Å². The van der Waals surface area contributed by atoms with E-state index in [1.165, 1.54) is 7.11 Å². The van der Waals surface area contributed by atoms with Crippen molar-refractivity contribution in [2.24, 2.45) is 0 Å². The number of benzene rings is 2. The van der Waals surface area contributed by atoms with E-state index in [4.69, 9.17) is 25.8 Å². The molecule has 0 fully saturated rings. The number of fused-ring (bicyclic) bond motifs is 1. The second-order valence-electron chi connectivity index (χ2n) is 6.31. The van der Waals surface area contributed by atoms with Gasteiger partial charge in [-0.05, 0) is 36.2 Å². The van der Waals surface area contributed by atoms with E-state index in [1.807, 2.05) is 19.1 Å². The zero-order valence-corrected chi connectivity index (χ0v) is 16.3. The van der Waals surface area contributed by atoms with Gasteiger partial charge in [-0.25, -0.2) is 4.79 Å². The molecule has 3 rings (SSSR count). The second kappa shape index (κ2) is 8.84. The maximum absolute atomic E-state index is 12.6. The van der Waals surface area contributed by atoms with Crippen molar-refractivity contribution < 1.29 is 23.8 Å². The van der Waals surface area contributed by atoms with Crippen LogP contribution in [0.2, 0.25) is 5.02 Å². The summed E-state index contributed by atoms with van der Waals surface area (Å²) in [4.78, 5) is 24.3. The molecule has 1 heterocycles. The lowest BCUT2D eigenvalue weighted by Crippen LogP contribution is -2.40. The number of esters is 1. The highest BCUT2D eigenvalue weighted by Gasteiger charge is 2.22. The summed E-state index contributed by atoms with van der Waals surface area (Å²) < 4.78 is 15.4. The Morgan fingerprint density at radius 3 is 2.64 bits per heavy atom. The largest absolute Gasteiger partial charge is 0.469 e. The molecule has 2 aromatic rings. The van der Waals surface area contributed by atoms with Crippen molar-refractivity contribution in [3.05, 3.63) is 58.6 Å². The standard InChI is InChI=1S/C20H21ClN2O5/c1-12(13-7-8-17-18(9-13)28-11-27-17)22-20(25)23-16(10-19(24)26-2)14-5-3-4-6-15(14)21/h3-9,12,16H,10-11H2,1-2H3,(H2,22,23,25)/t12-,16-/m0/s1. The van der Waals surface area contributed by atoms with Crippen molar-refractivity contribution in [2.45, 2.75) is 25.4 Å². The van der Waals surface area contributed by atoms with Crippen LogP contribution in [-0.4, -0.2) is 25.9 Å². The summed E-state index contributed by atoms with van der Waals surface area (Å²) in [5, 5.41) is 6.12. The summed E-state index contributed by atoms with van der Waals surface area (Å²) in [5.74, 6) is 0.873. The molecule has 2 atom stereocenters. The molecule has 148 valence electrons. The van der Waals surface area contributed by atoms with Crippen LogP contribution in [0.1, 0.15) is 36.6 Å². The monoisotopic (exact) mass is 404 g/mol. The summed E-state index contributed by atoms with van der Waals surface area (Å²) in [6, 6.07) is 11.2. The normalized spacial score (nSPS) is 14.1. The minimum absolute atomic E-state index is 0.0357. The zero-order valence-electron chi connectivity index (χ0n) is 15.5. The molecule has 2 aromatic carbocycles. The smallest absolute Gasteiger partial charge is 0.315 e. The number of rotatable bonds is 6. The van der Waals surface area contributed by atoms with E-state index in [1.54, 1.807) is 30.3 Å². The molecule has 0 unspecified atom stereocenters. The van der Waals surface area contributed by atoms with Crippen molar-refractivity contribution >= 4 is 23.6 Å². The Bertz CT molecular complexity index is 873. The first kappa shape index (κ1) is 19.8. The Labute approximate surface area is 167 Å². The van der Waals surface area contributed by atoms with E-state index in [2.05, 4.69) is 10.6 Å². The minimum Gasteiger partial charge on any atom is -0.469 e. The van der Waals surface area contributed by atoms with Crippen LogP contribution in [0.15, 0.2) is 42.5 Å². The van der Waals surface area contributed by atoms with Gasteiger partial charge in [0, 0.05) is 5.02 Å². The Balaban J connectivity index is 1.69. The van der Waals surface area contributed by atoms with Gasteiger partial charge >= 0.3 is 12.0 Å². The van der Waals surface area contributed by atoms with Gasteiger partial charge in [0.15, 0.2) is 11.5 Å². The molecule has 1 aliphatic rings. The van der Waals surface area contributed by atoms with Crippen LogP contribution < -0.4 is 20.1 Å². The highest BCUT2D eigenvalue weighted by atomic mass is 35.5. The molecule has 0 aromatic heterocycles. The molecule has 2 amide bonds. The van der Waals surface area contributed by atoms with Gasteiger partial charge in [0.25, 0.3) is 0 Å². The lowest BCUT2D eigenvalue weighted by Gasteiger charge is -2.22. The maximum Gasteiger partial charge on any atom is 0.315 e. The van der Waals surface area contributed by atoms with Crippen LogP contribution in [0.5, 0.6) is 11.5 Å². The SMILES string of the molecule is COC(=O)C[C@H](NC(=O)N[C@@H](C)c1ccc2c(c1)OCO2)c1ccccc1Cl. The summed E-state index contributed by atoms with van der Waals surface area (Å²) in [6.45, 7) is 2.04. The second-order valence-corrected chi connectivity index (χ2v) is 6.71. The number of halogens is 1. The fourth-order valence-electron chi connectivity index (χ4n) is 2.91. The third-order valence-electron chi connectivity index (χ3n) is 4.43. The quantitative estimate of drug-likeness (QED) is 0.716. The fourth-order valence-corrected chi connectivity index (χ4v) is 3.18. The van der Waals surface area contributed by atoms with E-state index >= 15 is 0 Å². The molecular weight excluding hydrogens is 384 g/mol. The topological polar surface area (TPSA) is 85.9 Å². The van der Waals surface area contributed by atoms with Gasteiger partial charge in [-0.1, -0.05) is 35.9 Å². The Kier molecular flexibility index (Phi) is 6.26. The molecule has 1 aliphatic heterocycles. The summed E-state index contributed by atoms with van der Waals surface area (Å²) in [6.07, 6.45) is -0.0357. The summed E-state index contributed by atoms with van der Waals surface area (Å²) in [5.41, 5.74) is 1.50. The summed E-state index contributed by atoms with van der Waals surface area (Å²) >= 11 is 6.24. The molecule has 0 bridgehead atoms. The van der Waals surface area contributed by atoms with Crippen molar-refractivity contribution in [3.8, 4) is 11.5 Å². The van der Waals surface area contributed by atoms with Crippen molar-refractivity contribution in [3.63, 3.8) is 0 Å². The van der Waals surface area contributed by atoms with Crippen LogP contribution in [0.3, 0.4) is 0 Å². The number of carbonyl (C=O) groups excluding carboxylic acids is 2. The number of urea groups is 1. The van der Waals surface area contributed by atoms with Crippen LogP contribution >= 0.6 is 11.6 Å². The molecule has 0 saturated heterocycles. The van der Waals surface area contributed by atoms with Gasteiger partial charge in [0.1, 0.15) is 0 Å². The first-order chi connectivity index (χ1) is 13.5. The third-order valence-corrected chi connectivity index (χ3v) is 4.77. The average Bonchev–Trinajstić information content (AvgIpc) is 3.15. The van der Waals surface area contributed by atoms with Crippen LogP contribution in [0, 0.1) is 0 Å². The van der Waals surface area contributed by atoms with Crippen molar-refractivity contribution in [1.82, 2.24) is 10.6 Å². The van der Waals surface area contributed by atoms with Gasteiger partial charge in [-0.3, -0.25) is 4.79 Å². The van der Waals surface area contributed by atoms with E-state index in [0.29, 0.717) is 22.1 Å². The molecule has 0 aliphatic carbocycles. The number of methoxy groups -OCH3 is 1. The van der Waals surface area contributed by atoms with Crippen LogP contribution in [0.25, 0.3) is 0 Å². The molecule has 0 radical (unpaired) electrons. The Morgan fingerprint density at radius 2 is 1.89 bits per heavy atom. The molecular formula is C20H21ClN2O5. The molecule has 7 nitrogen and oxygen atoms in total. The van der Waals surface area contributed by atoms with Crippen molar-refractivity contribution in [1.29, 1.82) is 0 Å². The van der Waals surface area contributed by atoms with Crippen molar-refractivity contribution in [2.75, 3.05) is 13.9 Å². The Morgan fingerprint density at radius 1 is 1.14 bits per heavy atom. The minimum atomic E-state index is -0.620. The molecule has 8 heteroatoms. The van der Waals surface area contributed by atoms with E-state index < -0.39 is 18.0 Å². The van der Waals surface area contributed by atoms with Gasteiger partial charge in [0.2, 0.25) is 6.79 Å². The lowest BCUT2D eigenvalue weighted by molar-refractivity contribution is -0.141. The average molecular weight is 405 g/mol. The lowest BCUT2D eigenvalue weighted by atomic mass is 10.0. The number of ether oxygens (including phenoxy) is 3. The fraction of sp³-hybridized carbons (Fsp3) is 0.300. The van der Waals surface area contributed by atoms with E-state index in [-0.39, 0.29) is 19.3 Å². The predicted octanol–water partition coefficient (Wildman–Crippen LogP) is 3.73. The van der Waals surface area contributed by atoms with Crippen LogP contribution in [0.4, 0.5) is 4.79 Å². The number of nitrogens with one attached hydrogen (secondary N) is 2. The van der Waals surface area contributed by atoms with Gasteiger partial charge in [-0.15, -0.1) is 0 Å². The molecule has 0 spiro atoms. The number of hydrogen-bond donors (Lipinski definition) is 2. The highest BCUT2D eigenvalue weighted by molar-refractivity contribution is 6.31. The van der Waals surface area contributed by atoms with E-state index in [9.17, 15) is 9.59 Å². The summed E-state index contributed by atoms with van der Waals surface area (Å²) in [7, 11) is 1.30. The third kappa shape index (κ3) is 4.67. The number of carbonyl (C=O) groups is 2. The first-order valence-electron chi connectivity index (χ1n) is 8.75. The molecule has 2 N–H and O–H groups in total. The van der Waals surface area contributed by atoms with E-state index in [0.717, 1.165) is 5.56 Å². The van der Waals surface area contributed by atoms with Gasteiger partial charge in [0.05, 0.1) is 25.6 Å².